The Kier molecular flexibility index (Phi) is 2.88. The van der Waals surface area contributed by atoms with Crippen molar-refractivity contribution < 1.29 is 13.2 Å². The molecule has 0 radical (unpaired) electrons. The summed E-state index contributed by atoms with van der Waals surface area (Å²) in [5.74, 6) is 0.353. The molecule has 0 bridgehead atoms. The lowest BCUT2D eigenvalue weighted by atomic mass is 10.1. The van der Waals surface area contributed by atoms with E-state index in [1.54, 1.807) is 4.90 Å². The largest absolute Gasteiger partial charge is 0.417 e. The number of alkyl halides is 3. The van der Waals surface area contributed by atoms with Gasteiger partial charge in [-0.05, 0) is 12.1 Å². The highest BCUT2D eigenvalue weighted by Crippen LogP contribution is 2.49. The molecule has 0 saturated carbocycles. The summed E-state index contributed by atoms with van der Waals surface area (Å²) in [4.78, 5) is 26.2. The minimum Gasteiger partial charge on any atom is -0.345 e. The van der Waals surface area contributed by atoms with E-state index in [0.717, 1.165) is 10.6 Å². The van der Waals surface area contributed by atoms with Crippen molar-refractivity contribution in [3.8, 4) is 0 Å². The van der Waals surface area contributed by atoms with E-state index in [9.17, 15) is 22.8 Å². The summed E-state index contributed by atoms with van der Waals surface area (Å²) >= 11 is 5.95. The molecule has 1 aromatic carbocycles. The Morgan fingerprint density at radius 1 is 1.17 bits per heavy atom. The molecule has 0 unspecified atom stereocenters. The van der Waals surface area contributed by atoms with Gasteiger partial charge >= 0.3 is 11.9 Å². The van der Waals surface area contributed by atoms with Gasteiger partial charge in [0, 0.05) is 20.1 Å². The molecule has 3 heterocycles. The van der Waals surface area contributed by atoms with E-state index < -0.39 is 28.0 Å². The second-order valence-corrected chi connectivity index (χ2v) is 5.97. The van der Waals surface area contributed by atoms with Gasteiger partial charge < -0.3 is 10.2 Å². The molecule has 2 aliphatic heterocycles. The highest BCUT2D eigenvalue weighted by atomic mass is 35.5. The maximum atomic E-state index is 13.1. The zero-order valence-corrected chi connectivity index (χ0v) is 13.0. The van der Waals surface area contributed by atoms with Gasteiger partial charge in [0.2, 0.25) is 0 Å². The summed E-state index contributed by atoms with van der Waals surface area (Å²) in [7, 11) is 1.32. The highest BCUT2D eigenvalue weighted by molar-refractivity contribution is 6.35. The Morgan fingerprint density at radius 2 is 1.88 bits per heavy atom. The molecule has 1 N–H and O–H groups in total. The van der Waals surface area contributed by atoms with Gasteiger partial charge in [0.15, 0.2) is 0 Å². The Morgan fingerprint density at radius 3 is 2.54 bits per heavy atom. The first kappa shape index (κ1) is 15.1. The van der Waals surface area contributed by atoms with Crippen molar-refractivity contribution >= 4 is 34.5 Å². The number of nitrogens with zero attached hydrogens (tertiary/aromatic N) is 3. The normalized spacial score (nSPS) is 15.1. The zero-order chi connectivity index (χ0) is 17.4. The molecule has 1 aromatic heterocycles. The van der Waals surface area contributed by atoms with E-state index in [0.29, 0.717) is 24.6 Å². The summed E-state index contributed by atoms with van der Waals surface area (Å²) in [6, 6.07) is 2.19. The molecule has 0 atom stereocenters. The van der Waals surface area contributed by atoms with Gasteiger partial charge in [0.25, 0.3) is 5.56 Å². The number of fused-ring (bicyclic) bond motifs is 2. The van der Waals surface area contributed by atoms with Crippen LogP contribution in [0.5, 0.6) is 0 Å². The van der Waals surface area contributed by atoms with E-state index in [4.69, 9.17) is 11.6 Å². The summed E-state index contributed by atoms with van der Waals surface area (Å²) < 4.78 is 41.5. The molecule has 24 heavy (non-hydrogen) atoms. The highest BCUT2D eigenvalue weighted by Gasteiger charge is 2.39. The number of anilines is 4. The van der Waals surface area contributed by atoms with Gasteiger partial charge in [0.1, 0.15) is 11.5 Å². The van der Waals surface area contributed by atoms with Crippen LogP contribution >= 0.6 is 11.6 Å². The van der Waals surface area contributed by atoms with Crippen molar-refractivity contribution in [1.82, 2.24) is 9.13 Å². The molecule has 0 saturated heterocycles. The number of benzene rings is 1. The van der Waals surface area contributed by atoms with Crippen molar-refractivity contribution in [3.63, 3.8) is 0 Å². The average Bonchev–Trinajstić information content (AvgIpc) is 2.95. The van der Waals surface area contributed by atoms with E-state index in [1.165, 1.54) is 17.7 Å². The fraction of sp³-hybridized carbons (Fsp3) is 0.286. The first-order valence-corrected chi connectivity index (χ1v) is 7.37. The van der Waals surface area contributed by atoms with Crippen molar-refractivity contribution in [1.29, 1.82) is 0 Å². The number of nitrogens with one attached hydrogen (secondary N) is 1. The van der Waals surface area contributed by atoms with E-state index in [-0.39, 0.29) is 11.4 Å². The average molecular weight is 359 g/mol. The van der Waals surface area contributed by atoms with Gasteiger partial charge in [-0.2, -0.15) is 13.2 Å². The number of aromatic nitrogens is 2. The lowest BCUT2D eigenvalue weighted by Gasteiger charge is -2.30. The summed E-state index contributed by atoms with van der Waals surface area (Å²) in [6.07, 6.45) is -4.61. The van der Waals surface area contributed by atoms with Crippen LogP contribution < -0.4 is 21.5 Å². The Labute approximate surface area is 137 Å². The molecule has 0 amide bonds. The third-order valence-corrected chi connectivity index (χ3v) is 4.68. The van der Waals surface area contributed by atoms with Crippen molar-refractivity contribution in [3.05, 3.63) is 43.6 Å². The van der Waals surface area contributed by atoms with Crippen LogP contribution in [0.25, 0.3) is 0 Å². The van der Waals surface area contributed by atoms with Gasteiger partial charge in [-0.25, -0.2) is 4.79 Å². The topological polar surface area (TPSA) is 59.3 Å². The van der Waals surface area contributed by atoms with Crippen LogP contribution in [0.4, 0.5) is 36.1 Å². The summed E-state index contributed by atoms with van der Waals surface area (Å²) in [6.45, 7) is 0.692. The molecule has 0 fully saturated rings. The van der Waals surface area contributed by atoms with E-state index >= 15 is 0 Å². The van der Waals surface area contributed by atoms with Crippen LogP contribution in [0.2, 0.25) is 5.02 Å². The number of rotatable bonds is 0. The molecular weight excluding hydrogens is 349 g/mol. The Bertz CT molecular complexity index is 1010. The van der Waals surface area contributed by atoms with Crippen molar-refractivity contribution in [2.24, 2.45) is 7.05 Å². The van der Waals surface area contributed by atoms with Crippen molar-refractivity contribution in [2.75, 3.05) is 16.8 Å². The van der Waals surface area contributed by atoms with Crippen molar-refractivity contribution in [2.45, 2.75) is 12.7 Å². The van der Waals surface area contributed by atoms with Crippen LogP contribution in [0, 0.1) is 0 Å². The minimum absolute atomic E-state index is 0.0168. The first-order valence-electron chi connectivity index (χ1n) is 7.00. The molecule has 0 aliphatic carbocycles. The van der Waals surface area contributed by atoms with Gasteiger partial charge in [-0.15, -0.1) is 0 Å². The molecule has 0 spiro atoms. The zero-order valence-electron chi connectivity index (χ0n) is 12.2. The molecule has 10 heteroatoms. The summed E-state index contributed by atoms with van der Waals surface area (Å²) in [5, 5.41) is 2.20. The molecule has 126 valence electrons. The minimum atomic E-state index is -4.61. The smallest absolute Gasteiger partial charge is 0.345 e. The van der Waals surface area contributed by atoms with Gasteiger partial charge in [-0.3, -0.25) is 13.9 Å². The fourth-order valence-electron chi connectivity index (χ4n) is 3.14. The second-order valence-electron chi connectivity index (χ2n) is 5.59. The van der Waals surface area contributed by atoms with Crippen LogP contribution in [-0.2, 0) is 19.8 Å². The summed E-state index contributed by atoms with van der Waals surface area (Å²) in [5.41, 5.74) is -1.60. The molecule has 6 nitrogen and oxygen atoms in total. The maximum Gasteiger partial charge on any atom is 0.417 e. The third kappa shape index (κ3) is 1.78. The van der Waals surface area contributed by atoms with Gasteiger partial charge in [-0.1, -0.05) is 11.6 Å². The standard InChI is InChI=1S/C14H10ClF3N4O2/c1-20-12(23)10-11-21(4-5-22(11)13(20)24)7-3-2-6(14(16,17)18)8(15)9(7)19-10/h2-3,19H,4-5H2,1H3. The number of hydrogen-bond acceptors (Lipinski definition) is 4. The van der Waals surface area contributed by atoms with Crippen LogP contribution in [0.15, 0.2) is 21.7 Å². The maximum absolute atomic E-state index is 13.1. The molecule has 4 rings (SSSR count). The quantitative estimate of drug-likeness (QED) is 0.786. The monoisotopic (exact) mass is 358 g/mol. The second kappa shape index (κ2) is 4.56. The number of halogens is 4. The Balaban J connectivity index is 2.02. The molecular formula is C14H10ClF3N4O2. The van der Waals surface area contributed by atoms with Crippen LogP contribution in [0.1, 0.15) is 5.56 Å². The Hall–Kier alpha value is -2.42. The predicted molar refractivity (Wildman–Crippen MR) is 82.7 cm³/mol. The van der Waals surface area contributed by atoms with E-state index in [2.05, 4.69) is 5.32 Å². The number of hydrogen-bond donors (Lipinski definition) is 1. The molecule has 2 aliphatic rings. The lowest BCUT2D eigenvalue weighted by Crippen LogP contribution is -2.39. The predicted octanol–water partition coefficient (Wildman–Crippen LogP) is 2.43. The fourth-order valence-corrected chi connectivity index (χ4v) is 3.46. The van der Waals surface area contributed by atoms with Gasteiger partial charge in [0.05, 0.1) is 22.0 Å². The third-order valence-electron chi connectivity index (χ3n) is 4.28. The lowest BCUT2D eigenvalue weighted by molar-refractivity contribution is -0.137. The first-order chi connectivity index (χ1) is 11.2. The van der Waals surface area contributed by atoms with Crippen LogP contribution in [0.3, 0.4) is 0 Å². The molecule has 2 aromatic rings. The SMILES string of the molecule is Cn1c(=O)c2c3n(c1=O)CCN3c1ccc(C(F)(F)F)c(Cl)c1N2. The van der Waals surface area contributed by atoms with Crippen LogP contribution in [-0.4, -0.2) is 15.7 Å². The van der Waals surface area contributed by atoms with E-state index in [1.807, 2.05) is 0 Å².